The smallest absolute Gasteiger partial charge is 0.256 e. The lowest BCUT2D eigenvalue weighted by molar-refractivity contribution is 0.0157. The maximum absolute atomic E-state index is 13.6. The SMILES string of the molecule is CN(CC1(O)CCCC1)C(=O)c1cc(F)cc2[nH]cnc12. The predicted octanol–water partition coefficient (Wildman–Crippen LogP) is 2.08. The fourth-order valence-electron chi connectivity index (χ4n) is 3.09. The van der Waals surface area contributed by atoms with Crippen LogP contribution in [-0.2, 0) is 0 Å². The van der Waals surface area contributed by atoms with Crippen LogP contribution in [0.1, 0.15) is 36.0 Å². The number of fused-ring (bicyclic) bond motifs is 1. The molecule has 1 saturated carbocycles. The third-order valence-corrected chi connectivity index (χ3v) is 4.13. The molecule has 1 aliphatic rings. The van der Waals surface area contributed by atoms with Crippen LogP contribution in [0, 0.1) is 5.82 Å². The van der Waals surface area contributed by atoms with Gasteiger partial charge in [-0.1, -0.05) is 12.8 Å². The van der Waals surface area contributed by atoms with Crippen molar-refractivity contribution in [3.8, 4) is 0 Å². The average molecular weight is 291 g/mol. The summed E-state index contributed by atoms with van der Waals surface area (Å²) in [6.07, 6.45) is 4.78. The Morgan fingerprint density at radius 1 is 1.48 bits per heavy atom. The number of nitrogens with zero attached hydrogens (tertiary/aromatic N) is 2. The Morgan fingerprint density at radius 3 is 2.90 bits per heavy atom. The van der Waals surface area contributed by atoms with E-state index in [1.165, 1.54) is 23.4 Å². The van der Waals surface area contributed by atoms with E-state index >= 15 is 0 Å². The van der Waals surface area contributed by atoms with E-state index in [1.807, 2.05) is 0 Å². The molecule has 0 radical (unpaired) electrons. The van der Waals surface area contributed by atoms with Crippen molar-refractivity contribution in [3.63, 3.8) is 0 Å². The lowest BCUT2D eigenvalue weighted by Gasteiger charge is -2.28. The van der Waals surface area contributed by atoms with Gasteiger partial charge in [-0.05, 0) is 25.0 Å². The van der Waals surface area contributed by atoms with Gasteiger partial charge < -0.3 is 15.0 Å². The maximum atomic E-state index is 13.6. The normalized spacial score (nSPS) is 17.3. The highest BCUT2D eigenvalue weighted by Gasteiger charge is 2.34. The minimum absolute atomic E-state index is 0.218. The molecule has 0 spiro atoms. The number of nitrogens with one attached hydrogen (secondary N) is 1. The molecule has 2 N–H and O–H groups in total. The number of benzene rings is 1. The zero-order chi connectivity index (χ0) is 15.0. The highest BCUT2D eigenvalue weighted by atomic mass is 19.1. The number of aromatic nitrogens is 2. The Bertz CT molecular complexity index is 677. The summed E-state index contributed by atoms with van der Waals surface area (Å²) in [5, 5.41) is 10.4. The van der Waals surface area contributed by atoms with Crippen LogP contribution in [0.4, 0.5) is 4.39 Å². The summed E-state index contributed by atoms with van der Waals surface area (Å²) in [6.45, 7) is 0.258. The molecule has 6 heteroatoms. The van der Waals surface area contributed by atoms with Gasteiger partial charge in [0.15, 0.2) is 0 Å². The number of rotatable bonds is 3. The van der Waals surface area contributed by atoms with Crippen molar-refractivity contribution in [1.82, 2.24) is 14.9 Å². The van der Waals surface area contributed by atoms with Crippen LogP contribution in [0.25, 0.3) is 11.0 Å². The van der Waals surface area contributed by atoms with Gasteiger partial charge in [-0.25, -0.2) is 9.37 Å². The number of hydrogen-bond acceptors (Lipinski definition) is 3. The molecule has 1 heterocycles. The molecular formula is C15H18FN3O2. The van der Waals surface area contributed by atoms with Crippen LogP contribution in [0.15, 0.2) is 18.5 Å². The zero-order valence-electron chi connectivity index (χ0n) is 11.9. The lowest BCUT2D eigenvalue weighted by Crippen LogP contribution is -2.42. The monoisotopic (exact) mass is 291 g/mol. The van der Waals surface area contributed by atoms with Gasteiger partial charge in [0, 0.05) is 13.6 Å². The molecule has 3 rings (SSSR count). The number of likely N-dealkylation sites (N-methyl/N-ethyl adjacent to an activating group) is 1. The third-order valence-electron chi connectivity index (χ3n) is 4.13. The summed E-state index contributed by atoms with van der Waals surface area (Å²) in [7, 11) is 1.63. The van der Waals surface area contributed by atoms with Crippen LogP contribution >= 0.6 is 0 Å². The second-order valence-electron chi connectivity index (χ2n) is 5.84. The van der Waals surface area contributed by atoms with Crippen molar-refractivity contribution in [1.29, 1.82) is 0 Å². The van der Waals surface area contributed by atoms with Crippen LogP contribution in [0.3, 0.4) is 0 Å². The first-order valence-electron chi connectivity index (χ1n) is 7.09. The van der Waals surface area contributed by atoms with E-state index in [9.17, 15) is 14.3 Å². The largest absolute Gasteiger partial charge is 0.388 e. The summed E-state index contributed by atoms with van der Waals surface area (Å²) >= 11 is 0. The van der Waals surface area contributed by atoms with Gasteiger partial charge in [0.05, 0.1) is 23.0 Å². The minimum Gasteiger partial charge on any atom is -0.388 e. The summed E-state index contributed by atoms with van der Waals surface area (Å²) in [4.78, 5) is 20.9. The fraction of sp³-hybridized carbons (Fsp3) is 0.467. The first kappa shape index (κ1) is 14.0. The molecule has 1 fully saturated rings. The van der Waals surface area contributed by atoms with E-state index in [0.29, 0.717) is 23.9 Å². The highest BCUT2D eigenvalue weighted by molar-refractivity contribution is 6.04. The number of halogens is 1. The minimum atomic E-state index is -0.817. The van der Waals surface area contributed by atoms with E-state index in [-0.39, 0.29) is 18.0 Å². The number of imidazole rings is 1. The predicted molar refractivity (Wildman–Crippen MR) is 76.4 cm³/mol. The summed E-state index contributed by atoms with van der Waals surface area (Å²) in [5.41, 5.74) is 0.343. The molecule has 0 saturated heterocycles. The number of aliphatic hydroxyl groups is 1. The van der Waals surface area contributed by atoms with Crippen molar-refractivity contribution in [2.45, 2.75) is 31.3 Å². The maximum Gasteiger partial charge on any atom is 0.256 e. The van der Waals surface area contributed by atoms with Gasteiger partial charge in [0.1, 0.15) is 11.3 Å². The zero-order valence-corrected chi connectivity index (χ0v) is 11.9. The number of hydrogen-bond donors (Lipinski definition) is 2. The van der Waals surface area contributed by atoms with Crippen LogP contribution < -0.4 is 0 Å². The number of H-pyrrole nitrogens is 1. The van der Waals surface area contributed by atoms with E-state index in [2.05, 4.69) is 9.97 Å². The number of aromatic amines is 1. The van der Waals surface area contributed by atoms with Crippen LogP contribution in [-0.4, -0.2) is 45.1 Å². The second-order valence-corrected chi connectivity index (χ2v) is 5.84. The van der Waals surface area contributed by atoms with Gasteiger partial charge >= 0.3 is 0 Å². The topological polar surface area (TPSA) is 69.2 Å². The van der Waals surface area contributed by atoms with Gasteiger partial charge in [-0.2, -0.15) is 0 Å². The Labute approximate surface area is 121 Å². The molecule has 0 unspecified atom stereocenters. The van der Waals surface area contributed by atoms with Crippen LogP contribution in [0.2, 0.25) is 0 Å². The summed E-state index contributed by atoms with van der Waals surface area (Å²) in [5.74, 6) is -0.810. The Hall–Kier alpha value is -1.95. The molecule has 1 amide bonds. The Kier molecular flexibility index (Phi) is 3.41. The first-order chi connectivity index (χ1) is 9.98. The Balaban J connectivity index is 1.87. The lowest BCUT2D eigenvalue weighted by atomic mass is 10.0. The van der Waals surface area contributed by atoms with E-state index in [4.69, 9.17) is 0 Å². The molecule has 21 heavy (non-hydrogen) atoms. The third kappa shape index (κ3) is 2.63. The summed E-state index contributed by atoms with van der Waals surface area (Å²) in [6, 6.07) is 2.50. The van der Waals surface area contributed by atoms with E-state index in [1.54, 1.807) is 7.05 Å². The highest BCUT2D eigenvalue weighted by Crippen LogP contribution is 2.30. The molecule has 1 aromatic carbocycles. The molecule has 112 valence electrons. The number of amides is 1. The van der Waals surface area contributed by atoms with Crippen molar-refractivity contribution in [2.75, 3.05) is 13.6 Å². The van der Waals surface area contributed by atoms with E-state index < -0.39 is 11.4 Å². The quantitative estimate of drug-likeness (QED) is 0.909. The van der Waals surface area contributed by atoms with Crippen molar-refractivity contribution in [2.24, 2.45) is 0 Å². The van der Waals surface area contributed by atoms with Gasteiger partial charge in [0.25, 0.3) is 5.91 Å². The first-order valence-corrected chi connectivity index (χ1v) is 7.09. The Morgan fingerprint density at radius 2 is 2.19 bits per heavy atom. The molecular weight excluding hydrogens is 273 g/mol. The van der Waals surface area contributed by atoms with Gasteiger partial charge in [-0.15, -0.1) is 0 Å². The van der Waals surface area contributed by atoms with Crippen molar-refractivity contribution in [3.05, 3.63) is 29.8 Å². The number of carbonyl (C=O) groups excluding carboxylic acids is 1. The standard InChI is InChI=1S/C15H18FN3O2/c1-19(8-15(21)4-2-3-5-15)14(20)11-6-10(16)7-12-13(11)18-9-17-12/h6-7,9,21H,2-5,8H2,1H3,(H,17,18). The van der Waals surface area contributed by atoms with Crippen molar-refractivity contribution < 1.29 is 14.3 Å². The molecule has 0 atom stereocenters. The van der Waals surface area contributed by atoms with Crippen LogP contribution in [0.5, 0.6) is 0 Å². The second kappa shape index (κ2) is 5.11. The molecule has 1 aliphatic carbocycles. The van der Waals surface area contributed by atoms with Crippen molar-refractivity contribution >= 4 is 16.9 Å². The molecule has 0 bridgehead atoms. The molecule has 0 aliphatic heterocycles. The van der Waals surface area contributed by atoms with Gasteiger partial charge in [0.2, 0.25) is 0 Å². The average Bonchev–Trinajstić information content (AvgIpc) is 3.05. The van der Waals surface area contributed by atoms with Gasteiger partial charge in [-0.3, -0.25) is 4.79 Å². The van der Waals surface area contributed by atoms with E-state index in [0.717, 1.165) is 12.8 Å². The molecule has 2 aromatic rings. The fourth-order valence-corrected chi connectivity index (χ4v) is 3.09. The molecule has 5 nitrogen and oxygen atoms in total. The number of carbonyl (C=O) groups is 1. The summed E-state index contributed by atoms with van der Waals surface area (Å²) < 4.78 is 13.6. The molecule has 1 aromatic heterocycles.